The van der Waals surface area contributed by atoms with E-state index in [9.17, 15) is 14.2 Å². The molecule has 0 saturated carbocycles. The lowest BCUT2D eigenvalue weighted by Gasteiger charge is -2.28. The maximum absolute atomic E-state index is 12.7. The molecular formula is C20H28N3O7P. The predicted octanol–water partition coefficient (Wildman–Crippen LogP) is 4.23. The van der Waals surface area contributed by atoms with Crippen molar-refractivity contribution in [3.8, 4) is 5.69 Å². The van der Waals surface area contributed by atoms with Crippen molar-refractivity contribution in [2.45, 2.75) is 58.9 Å². The van der Waals surface area contributed by atoms with Crippen LogP contribution >= 0.6 is 7.60 Å². The number of imide groups is 1. The Kier molecular flexibility index (Phi) is 7.00. The van der Waals surface area contributed by atoms with E-state index in [-0.39, 0.29) is 11.4 Å². The van der Waals surface area contributed by atoms with Crippen LogP contribution in [0.2, 0.25) is 0 Å². The van der Waals surface area contributed by atoms with Gasteiger partial charge in [0.05, 0.1) is 23.2 Å². The van der Waals surface area contributed by atoms with E-state index in [1.165, 1.54) is 22.9 Å². The first-order valence-corrected chi connectivity index (χ1v) is 11.3. The summed E-state index contributed by atoms with van der Waals surface area (Å²) < 4.78 is 23.3. The molecule has 2 amide bonds. The maximum atomic E-state index is 12.7. The normalized spacial score (nSPS) is 12.4. The molecule has 11 heteroatoms. The van der Waals surface area contributed by atoms with E-state index in [0.29, 0.717) is 5.69 Å². The fourth-order valence-corrected chi connectivity index (χ4v) is 3.05. The zero-order chi connectivity index (χ0) is 23.6. The summed E-state index contributed by atoms with van der Waals surface area (Å²) in [5.41, 5.74) is -0.603. The Balaban J connectivity index is 2.32. The monoisotopic (exact) mass is 453 g/mol. The highest BCUT2D eigenvalue weighted by molar-refractivity contribution is 7.50. The van der Waals surface area contributed by atoms with Gasteiger partial charge in [-0.15, -0.1) is 0 Å². The van der Waals surface area contributed by atoms with Crippen molar-refractivity contribution in [2.75, 3.05) is 4.90 Å². The Morgan fingerprint density at radius 3 is 1.87 bits per heavy atom. The smallest absolute Gasteiger partial charge is 0.424 e. The summed E-state index contributed by atoms with van der Waals surface area (Å²) in [6.45, 7) is 10.1. The van der Waals surface area contributed by atoms with E-state index in [0.717, 1.165) is 4.90 Å². The van der Waals surface area contributed by atoms with E-state index in [1.807, 2.05) is 0 Å². The summed E-state index contributed by atoms with van der Waals surface area (Å²) in [6.07, 6.45) is -0.669. The highest BCUT2D eigenvalue weighted by Crippen LogP contribution is 2.38. The van der Waals surface area contributed by atoms with E-state index in [2.05, 4.69) is 5.10 Å². The summed E-state index contributed by atoms with van der Waals surface area (Å²) in [6, 6.07) is 7.75. The zero-order valence-corrected chi connectivity index (χ0v) is 19.3. The summed E-state index contributed by atoms with van der Waals surface area (Å²) in [5.74, 6) is 0. The molecule has 0 fully saturated rings. The van der Waals surface area contributed by atoms with Gasteiger partial charge in [-0.3, -0.25) is 4.57 Å². The second-order valence-corrected chi connectivity index (χ2v) is 10.5. The quantitative estimate of drug-likeness (QED) is 0.658. The SMILES string of the molecule is CC(C)(C)OC(=O)N(C(=O)OC(C)(C)C)c1ccc(-n2ccc(CP(=O)(O)O)n2)cc1. The number of hydrogen-bond donors (Lipinski definition) is 2. The van der Waals surface area contributed by atoms with E-state index < -0.39 is 37.1 Å². The lowest BCUT2D eigenvalue weighted by Crippen LogP contribution is -2.43. The van der Waals surface area contributed by atoms with Gasteiger partial charge in [-0.05, 0) is 71.9 Å². The summed E-state index contributed by atoms with van der Waals surface area (Å²) in [5, 5.41) is 4.14. The molecule has 2 aromatic rings. The second-order valence-electron chi connectivity index (χ2n) is 8.89. The molecule has 0 atom stereocenters. The number of carbonyl (C=O) groups excluding carboxylic acids is 2. The van der Waals surface area contributed by atoms with E-state index in [4.69, 9.17) is 19.3 Å². The number of nitrogens with zero attached hydrogens (tertiary/aromatic N) is 3. The first-order chi connectivity index (χ1) is 14.0. The molecule has 0 aliphatic carbocycles. The number of aromatic nitrogens is 2. The topological polar surface area (TPSA) is 131 Å². The van der Waals surface area contributed by atoms with Crippen molar-refractivity contribution in [1.82, 2.24) is 9.78 Å². The van der Waals surface area contributed by atoms with E-state index in [1.54, 1.807) is 59.9 Å². The van der Waals surface area contributed by atoms with Crippen LogP contribution in [0.1, 0.15) is 47.2 Å². The standard InChI is InChI=1S/C20H28N3O7P/c1-19(2,3)29-17(24)23(18(25)30-20(4,5)6)16-9-7-15(8-10-16)22-12-11-14(21-22)13-31(26,27)28/h7-12H,13H2,1-6H3,(H2,26,27,28). The van der Waals surface area contributed by atoms with Crippen LogP contribution < -0.4 is 4.90 Å². The summed E-state index contributed by atoms with van der Waals surface area (Å²) in [7, 11) is -4.23. The third-order valence-corrected chi connectivity index (χ3v) is 4.27. The lowest BCUT2D eigenvalue weighted by atomic mass is 10.2. The molecule has 1 heterocycles. The van der Waals surface area contributed by atoms with Gasteiger partial charge < -0.3 is 19.3 Å². The van der Waals surface area contributed by atoms with Crippen molar-refractivity contribution in [3.63, 3.8) is 0 Å². The van der Waals surface area contributed by atoms with Crippen LogP contribution in [0.3, 0.4) is 0 Å². The second kappa shape index (κ2) is 8.82. The number of carbonyl (C=O) groups is 2. The van der Waals surface area contributed by atoms with Gasteiger partial charge in [0.15, 0.2) is 0 Å². The molecule has 170 valence electrons. The minimum absolute atomic E-state index is 0.231. The Labute approximate surface area is 180 Å². The van der Waals surface area contributed by atoms with Gasteiger partial charge in [0.2, 0.25) is 0 Å². The highest BCUT2D eigenvalue weighted by Gasteiger charge is 2.32. The predicted molar refractivity (Wildman–Crippen MR) is 114 cm³/mol. The van der Waals surface area contributed by atoms with Gasteiger partial charge in [-0.1, -0.05) is 0 Å². The molecule has 0 radical (unpaired) electrons. The number of amides is 2. The molecule has 1 aromatic heterocycles. The van der Waals surface area contributed by atoms with Gasteiger partial charge in [-0.2, -0.15) is 10.00 Å². The minimum atomic E-state index is -4.23. The lowest BCUT2D eigenvalue weighted by molar-refractivity contribution is 0.0430. The van der Waals surface area contributed by atoms with Crippen LogP contribution in [0, 0.1) is 0 Å². The third-order valence-electron chi connectivity index (χ3n) is 3.54. The van der Waals surface area contributed by atoms with Crippen molar-refractivity contribution >= 4 is 25.5 Å². The molecule has 0 unspecified atom stereocenters. The van der Waals surface area contributed by atoms with Gasteiger partial charge >= 0.3 is 19.8 Å². The summed E-state index contributed by atoms with van der Waals surface area (Å²) in [4.78, 5) is 44.4. The molecule has 0 spiro atoms. The number of hydrogen-bond acceptors (Lipinski definition) is 6. The number of benzene rings is 1. The largest absolute Gasteiger partial charge is 0.443 e. The molecule has 1 aromatic carbocycles. The molecule has 10 nitrogen and oxygen atoms in total. The van der Waals surface area contributed by atoms with Crippen LogP contribution in [0.15, 0.2) is 36.5 Å². The van der Waals surface area contributed by atoms with Crippen molar-refractivity contribution in [2.24, 2.45) is 0 Å². The maximum Gasteiger partial charge on any atom is 0.424 e. The molecular weight excluding hydrogens is 425 g/mol. The average Bonchev–Trinajstić information content (AvgIpc) is 2.98. The molecule has 31 heavy (non-hydrogen) atoms. The number of rotatable bonds is 4. The van der Waals surface area contributed by atoms with E-state index >= 15 is 0 Å². The molecule has 2 N–H and O–H groups in total. The molecule has 2 rings (SSSR count). The fourth-order valence-electron chi connectivity index (χ4n) is 2.46. The fraction of sp³-hybridized carbons (Fsp3) is 0.450. The Bertz CT molecular complexity index is 953. The number of ether oxygens (including phenoxy) is 2. The highest BCUT2D eigenvalue weighted by atomic mass is 31.2. The Morgan fingerprint density at radius 1 is 0.968 bits per heavy atom. The zero-order valence-electron chi connectivity index (χ0n) is 18.4. The van der Waals surface area contributed by atoms with Crippen LogP contribution in [0.5, 0.6) is 0 Å². The molecule has 0 bridgehead atoms. The van der Waals surface area contributed by atoms with Crippen LogP contribution in [0.25, 0.3) is 5.69 Å². The summed E-state index contributed by atoms with van der Waals surface area (Å²) >= 11 is 0. The molecule has 0 saturated heterocycles. The van der Waals surface area contributed by atoms with Gasteiger partial charge in [0.25, 0.3) is 0 Å². The average molecular weight is 453 g/mol. The van der Waals surface area contributed by atoms with Gasteiger partial charge in [0.1, 0.15) is 11.2 Å². The van der Waals surface area contributed by atoms with Crippen LogP contribution in [-0.2, 0) is 20.2 Å². The Morgan fingerprint density at radius 2 is 1.45 bits per heavy atom. The van der Waals surface area contributed by atoms with Crippen LogP contribution in [-0.4, -0.2) is 43.0 Å². The first-order valence-electron chi connectivity index (χ1n) is 9.50. The van der Waals surface area contributed by atoms with Crippen molar-refractivity contribution < 1.29 is 33.4 Å². The van der Waals surface area contributed by atoms with Crippen LogP contribution in [0.4, 0.5) is 15.3 Å². The molecule has 0 aliphatic heterocycles. The van der Waals surface area contributed by atoms with Gasteiger partial charge in [0, 0.05) is 6.20 Å². The van der Waals surface area contributed by atoms with Crippen molar-refractivity contribution in [3.05, 3.63) is 42.2 Å². The third kappa shape index (κ3) is 7.82. The van der Waals surface area contributed by atoms with Crippen molar-refractivity contribution in [1.29, 1.82) is 0 Å². The van der Waals surface area contributed by atoms with Gasteiger partial charge in [-0.25, -0.2) is 14.3 Å². The number of anilines is 1. The first kappa shape index (κ1) is 24.6. The minimum Gasteiger partial charge on any atom is -0.443 e. The molecule has 0 aliphatic rings. The Hall–Kier alpha value is -2.68.